The molecule has 7 heteroatoms. The average Bonchev–Trinajstić information content (AvgIpc) is 3.54. The van der Waals surface area contributed by atoms with E-state index in [9.17, 15) is 9.59 Å². The van der Waals surface area contributed by atoms with Crippen molar-refractivity contribution < 1.29 is 18.7 Å². The molecule has 2 heterocycles. The summed E-state index contributed by atoms with van der Waals surface area (Å²) in [5.41, 5.74) is 0.901. The standard InChI is InChI=1S/C25H28N2O4S/c1-30-20-13-11-18(12-14-20)17-27(25(29)22-10-6-16-32-22)23(21-9-5-15-31-21)24(28)26-19-7-3-2-4-8-19/h5-6,9-16,19,23H,2-4,7-8,17H2,1H3,(H,26,28)/t23-/m1/s1. The number of carbonyl (C=O) groups is 2. The maximum atomic E-state index is 13.6. The second kappa shape index (κ2) is 10.5. The zero-order valence-corrected chi connectivity index (χ0v) is 19.0. The van der Waals surface area contributed by atoms with Crippen molar-refractivity contribution in [3.05, 3.63) is 76.4 Å². The number of hydrogen-bond acceptors (Lipinski definition) is 5. The van der Waals surface area contributed by atoms with Crippen LogP contribution in [0.25, 0.3) is 0 Å². The summed E-state index contributed by atoms with van der Waals surface area (Å²) in [5.74, 6) is 0.792. The van der Waals surface area contributed by atoms with Crippen LogP contribution in [0.3, 0.4) is 0 Å². The Morgan fingerprint density at radius 3 is 2.53 bits per heavy atom. The third kappa shape index (κ3) is 5.22. The molecule has 0 aliphatic heterocycles. The molecule has 4 rings (SSSR count). The van der Waals surface area contributed by atoms with Gasteiger partial charge in [0.25, 0.3) is 11.8 Å². The van der Waals surface area contributed by atoms with Crippen LogP contribution in [-0.4, -0.2) is 29.9 Å². The number of carbonyl (C=O) groups excluding carboxylic acids is 2. The summed E-state index contributed by atoms with van der Waals surface area (Å²) in [5, 5.41) is 5.05. The zero-order valence-electron chi connectivity index (χ0n) is 18.2. The lowest BCUT2D eigenvalue weighted by Crippen LogP contribution is -2.46. The van der Waals surface area contributed by atoms with Crippen LogP contribution in [0, 0.1) is 0 Å². The van der Waals surface area contributed by atoms with E-state index in [1.54, 1.807) is 30.2 Å². The molecule has 2 aromatic heterocycles. The van der Waals surface area contributed by atoms with Crippen LogP contribution in [0.1, 0.15) is 59.1 Å². The zero-order chi connectivity index (χ0) is 22.3. The van der Waals surface area contributed by atoms with Gasteiger partial charge in [-0.2, -0.15) is 0 Å². The lowest BCUT2D eigenvalue weighted by Gasteiger charge is -2.32. The van der Waals surface area contributed by atoms with E-state index < -0.39 is 6.04 Å². The molecular formula is C25H28N2O4S. The van der Waals surface area contributed by atoms with Gasteiger partial charge in [-0.25, -0.2) is 0 Å². The van der Waals surface area contributed by atoms with Crippen molar-refractivity contribution in [2.24, 2.45) is 0 Å². The number of furan rings is 1. The van der Waals surface area contributed by atoms with Gasteiger partial charge in [-0.3, -0.25) is 9.59 Å². The summed E-state index contributed by atoms with van der Waals surface area (Å²) in [6, 6.07) is 13.9. The molecule has 32 heavy (non-hydrogen) atoms. The fourth-order valence-electron chi connectivity index (χ4n) is 4.15. The van der Waals surface area contributed by atoms with Crippen molar-refractivity contribution in [3.8, 4) is 5.75 Å². The lowest BCUT2D eigenvalue weighted by molar-refractivity contribution is -0.127. The molecule has 1 fully saturated rings. The fourth-order valence-corrected chi connectivity index (χ4v) is 4.83. The van der Waals surface area contributed by atoms with Gasteiger partial charge >= 0.3 is 0 Å². The molecule has 1 aliphatic carbocycles. The molecule has 0 spiro atoms. The summed E-state index contributed by atoms with van der Waals surface area (Å²) >= 11 is 1.36. The van der Waals surface area contributed by atoms with E-state index in [2.05, 4.69) is 5.32 Å². The molecule has 2 amide bonds. The predicted octanol–water partition coefficient (Wildman–Crippen LogP) is 5.18. The molecule has 1 aromatic carbocycles. The monoisotopic (exact) mass is 452 g/mol. The maximum Gasteiger partial charge on any atom is 0.265 e. The molecule has 168 valence electrons. The second-order valence-electron chi connectivity index (χ2n) is 8.02. The number of nitrogens with one attached hydrogen (secondary N) is 1. The number of rotatable bonds is 8. The van der Waals surface area contributed by atoms with Crippen molar-refractivity contribution in [1.29, 1.82) is 0 Å². The summed E-state index contributed by atoms with van der Waals surface area (Å²) in [6.07, 6.45) is 6.90. The van der Waals surface area contributed by atoms with E-state index in [1.807, 2.05) is 35.7 Å². The number of nitrogens with zero attached hydrogens (tertiary/aromatic N) is 1. The van der Waals surface area contributed by atoms with Gasteiger partial charge in [-0.1, -0.05) is 37.5 Å². The van der Waals surface area contributed by atoms with E-state index in [1.165, 1.54) is 24.0 Å². The molecule has 0 unspecified atom stereocenters. The van der Waals surface area contributed by atoms with Crippen LogP contribution in [0.4, 0.5) is 0 Å². The van der Waals surface area contributed by atoms with Crippen LogP contribution in [0.15, 0.2) is 64.6 Å². The van der Waals surface area contributed by atoms with E-state index >= 15 is 0 Å². The fraction of sp³-hybridized carbons (Fsp3) is 0.360. The van der Waals surface area contributed by atoms with Gasteiger partial charge in [0.15, 0.2) is 6.04 Å². The largest absolute Gasteiger partial charge is 0.497 e. The first-order chi connectivity index (χ1) is 15.7. The molecule has 1 saturated carbocycles. The van der Waals surface area contributed by atoms with E-state index in [4.69, 9.17) is 9.15 Å². The highest BCUT2D eigenvalue weighted by Crippen LogP contribution is 2.29. The molecule has 3 aromatic rings. The van der Waals surface area contributed by atoms with Crippen LogP contribution in [-0.2, 0) is 11.3 Å². The normalized spacial score (nSPS) is 15.2. The van der Waals surface area contributed by atoms with Gasteiger partial charge in [0.1, 0.15) is 11.5 Å². The molecule has 1 N–H and O–H groups in total. The molecule has 0 bridgehead atoms. The van der Waals surface area contributed by atoms with Gasteiger partial charge in [0.05, 0.1) is 18.3 Å². The Labute approximate surface area is 192 Å². The Bertz CT molecular complexity index is 993. The summed E-state index contributed by atoms with van der Waals surface area (Å²) in [7, 11) is 1.62. The number of thiophene rings is 1. The van der Waals surface area contributed by atoms with Crippen LogP contribution >= 0.6 is 11.3 Å². The summed E-state index contributed by atoms with van der Waals surface area (Å²) < 4.78 is 10.9. The molecule has 1 atom stereocenters. The topological polar surface area (TPSA) is 71.8 Å². The Hall–Kier alpha value is -3.06. The minimum absolute atomic E-state index is 0.133. The molecule has 1 aliphatic rings. The van der Waals surface area contributed by atoms with Crippen LogP contribution in [0.5, 0.6) is 5.75 Å². The quantitative estimate of drug-likeness (QED) is 0.511. The second-order valence-corrected chi connectivity index (χ2v) is 8.97. The molecule has 0 radical (unpaired) electrons. The van der Waals surface area contributed by atoms with Gasteiger partial charge in [-0.05, 0) is 54.1 Å². The van der Waals surface area contributed by atoms with E-state index in [0.29, 0.717) is 10.6 Å². The highest BCUT2D eigenvalue weighted by atomic mass is 32.1. The lowest BCUT2D eigenvalue weighted by atomic mass is 9.95. The SMILES string of the molecule is COc1ccc(CN(C(=O)c2cccs2)[C@@H](C(=O)NC2CCCCC2)c2ccco2)cc1. The first-order valence-corrected chi connectivity index (χ1v) is 11.8. The van der Waals surface area contributed by atoms with Crippen molar-refractivity contribution >= 4 is 23.2 Å². The predicted molar refractivity (Wildman–Crippen MR) is 124 cm³/mol. The Balaban J connectivity index is 1.66. The maximum absolute atomic E-state index is 13.6. The average molecular weight is 453 g/mol. The minimum atomic E-state index is -0.858. The van der Waals surface area contributed by atoms with E-state index in [-0.39, 0.29) is 24.4 Å². The minimum Gasteiger partial charge on any atom is -0.497 e. The van der Waals surface area contributed by atoms with Crippen molar-refractivity contribution in [2.75, 3.05) is 7.11 Å². The number of ether oxygens (including phenoxy) is 1. The molecule has 6 nitrogen and oxygen atoms in total. The van der Waals surface area contributed by atoms with Crippen molar-refractivity contribution in [3.63, 3.8) is 0 Å². The first kappa shape index (κ1) is 22.1. The Kier molecular flexibility index (Phi) is 7.27. The first-order valence-electron chi connectivity index (χ1n) is 11.0. The van der Waals surface area contributed by atoms with Crippen molar-refractivity contribution in [2.45, 2.75) is 50.7 Å². The van der Waals surface area contributed by atoms with Crippen LogP contribution < -0.4 is 10.1 Å². The Morgan fingerprint density at radius 2 is 1.91 bits per heavy atom. The number of amides is 2. The Morgan fingerprint density at radius 1 is 1.12 bits per heavy atom. The summed E-state index contributed by atoms with van der Waals surface area (Å²) in [4.78, 5) is 29.3. The van der Waals surface area contributed by atoms with Gasteiger partial charge < -0.3 is 19.4 Å². The van der Waals surface area contributed by atoms with Gasteiger partial charge in [0.2, 0.25) is 0 Å². The number of methoxy groups -OCH3 is 1. The third-order valence-corrected chi connectivity index (χ3v) is 6.69. The molecular weight excluding hydrogens is 424 g/mol. The number of benzene rings is 1. The molecule has 0 saturated heterocycles. The number of hydrogen-bond donors (Lipinski definition) is 1. The van der Waals surface area contributed by atoms with E-state index in [0.717, 1.165) is 37.0 Å². The van der Waals surface area contributed by atoms with Gasteiger partial charge in [-0.15, -0.1) is 11.3 Å². The van der Waals surface area contributed by atoms with Gasteiger partial charge in [0, 0.05) is 12.6 Å². The summed E-state index contributed by atoms with van der Waals surface area (Å²) in [6.45, 7) is 0.268. The van der Waals surface area contributed by atoms with Crippen LogP contribution in [0.2, 0.25) is 0 Å². The highest BCUT2D eigenvalue weighted by Gasteiger charge is 2.35. The smallest absolute Gasteiger partial charge is 0.265 e. The third-order valence-electron chi connectivity index (χ3n) is 5.83. The highest BCUT2D eigenvalue weighted by molar-refractivity contribution is 7.12. The van der Waals surface area contributed by atoms with Crippen molar-refractivity contribution in [1.82, 2.24) is 10.2 Å².